The van der Waals surface area contributed by atoms with Crippen LogP contribution in [0.5, 0.6) is 0 Å². The normalized spacial score (nSPS) is 20.3. The summed E-state index contributed by atoms with van der Waals surface area (Å²) in [5.74, 6) is -0.927. The smallest absolute Gasteiger partial charge is 0.407 e. The number of hydrogen-bond donors (Lipinski definition) is 3. The molecule has 2 unspecified atom stereocenters. The number of hydrogen-bond acceptors (Lipinski definition) is 4. The quantitative estimate of drug-likeness (QED) is 0.776. The fourth-order valence-corrected chi connectivity index (χ4v) is 2.05. The number of amides is 1. The van der Waals surface area contributed by atoms with Gasteiger partial charge in [-0.25, -0.2) is 9.59 Å². The van der Waals surface area contributed by atoms with E-state index in [1.165, 1.54) is 0 Å². The predicted molar refractivity (Wildman–Crippen MR) is 81.8 cm³/mol. The Hall–Kier alpha value is -2.08. The molecule has 0 aliphatic heterocycles. The van der Waals surface area contributed by atoms with Gasteiger partial charge in [0.05, 0.1) is 5.56 Å². The van der Waals surface area contributed by atoms with Crippen LogP contribution in [-0.2, 0) is 11.3 Å². The Kier molecular flexibility index (Phi) is 4.71. The van der Waals surface area contributed by atoms with E-state index < -0.39 is 17.7 Å². The van der Waals surface area contributed by atoms with Gasteiger partial charge in [-0.05, 0) is 44.9 Å². The summed E-state index contributed by atoms with van der Waals surface area (Å²) in [7, 11) is 0. The van der Waals surface area contributed by atoms with Crippen molar-refractivity contribution in [2.75, 3.05) is 0 Å². The maximum absolute atomic E-state index is 11.6. The van der Waals surface area contributed by atoms with Gasteiger partial charge in [0.1, 0.15) is 5.60 Å². The Morgan fingerprint density at radius 2 is 1.86 bits per heavy atom. The highest BCUT2D eigenvalue weighted by molar-refractivity contribution is 5.87. The van der Waals surface area contributed by atoms with E-state index in [1.54, 1.807) is 24.3 Å². The Balaban J connectivity index is 1.71. The number of carboxylic acid groups (broad SMARTS) is 1. The van der Waals surface area contributed by atoms with Gasteiger partial charge in [0.25, 0.3) is 0 Å². The molecule has 1 fully saturated rings. The van der Waals surface area contributed by atoms with Gasteiger partial charge >= 0.3 is 12.1 Å². The summed E-state index contributed by atoms with van der Waals surface area (Å²) >= 11 is 0. The van der Waals surface area contributed by atoms with Crippen LogP contribution in [0, 0.1) is 0 Å². The number of carbonyl (C=O) groups excluding carboxylic acids is 1. The van der Waals surface area contributed by atoms with E-state index in [-0.39, 0.29) is 17.6 Å². The van der Waals surface area contributed by atoms with E-state index in [4.69, 9.17) is 9.84 Å². The third-order valence-electron chi connectivity index (χ3n) is 3.26. The number of carbonyl (C=O) groups is 2. The molecule has 0 bridgehead atoms. The summed E-state index contributed by atoms with van der Waals surface area (Å²) in [5, 5.41) is 15.0. The lowest BCUT2D eigenvalue weighted by molar-refractivity contribution is 0.0521. The first-order valence-corrected chi connectivity index (χ1v) is 7.30. The van der Waals surface area contributed by atoms with E-state index in [1.807, 2.05) is 20.8 Å². The highest BCUT2D eigenvalue weighted by atomic mass is 16.6. The van der Waals surface area contributed by atoms with Crippen molar-refractivity contribution in [3.8, 4) is 0 Å². The van der Waals surface area contributed by atoms with Crippen molar-refractivity contribution in [3.63, 3.8) is 0 Å². The maximum atomic E-state index is 11.6. The summed E-state index contributed by atoms with van der Waals surface area (Å²) in [6.45, 7) is 6.12. The molecule has 1 aromatic carbocycles. The minimum atomic E-state index is -0.927. The van der Waals surface area contributed by atoms with Gasteiger partial charge in [-0.1, -0.05) is 12.1 Å². The SMILES string of the molecule is CC(C)(C)OC(=O)NC1CC1NCc1ccc(C(=O)O)cc1. The van der Waals surface area contributed by atoms with Crippen molar-refractivity contribution >= 4 is 12.1 Å². The first-order valence-electron chi connectivity index (χ1n) is 7.30. The van der Waals surface area contributed by atoms with Crippen molar-refractivity contribution < 1.29 is 19.4 Å². The van der Waals surface area contributed by atoms with Crippen molar-refractivity contribution in [1.29, 1.82) is 0 Å². The standard InChI is InChI=1S/C16H22N2O4/c1-16(2,3)22-15(21)18-13-8-12(13)17-9-10-4-6-11(7-5-10)14(19)20/h4-7,12-13,17H,8-9H2,1-3H3,(H,18,21)(H,19,20). The molecule has 0 saturated heterocycles. The number of rotatable bonds is 5. The van der Waals surface area contributed by atoms with Crippen molar-refractivity contribution in [3.05, 3.63) is 35.4 Å². The lowest BCUT2D eigenvalue weighted by atomic mass is 10.1. The van der Waals surface area contributed by atoms with E-state index in [9.17, 15) is 9.59 Å². The average molecular weight is 306 g/mol. The topological polar surface area (TPSA) is 87.7 Å². The molecule has 2 rings (SSSR count). The molecular weight excluding hydrogens is 284 g/mol. The molecule has 1 saturated carbocycles. The molecule has 1 aromatic rings. The van der Waals surface area contributed by atoms with Crippen LogP contribution < -0.4 is 10.6 Å². The Labute approximate surface area is 129 Å². The molecule has 0 spiro atoms. The van der Waals surface area contributed by atoms with Crippen LogP contribution in [0.3, 0.4) is 0 Å². The molecule has 0 aromatic heterocycles. The largest absolute Gasteiger partial charge is 0.478 e. The third-order valence-corrected chi connectivity index (χ3v) is 3.26. The van der Waals surface area contributed by atoms with Crippen LogP contribution in [0.4, 0.5) is 4.79 Å². The van der Waals surface area contributed by atoms with Crippen molar-refractivity contribution in [2.24, 2.45) is 0 Å². The van der Waals surface area contributed by atoms with E-state index >= 15 is 0 Å². The zero-order valence-electron chi connectivity index (χ0n) is 13.1. The van der Waals surface area contributed by atoms with Crippen LogP contribution >= 0.6 is 0 Å². The summed E-state index contributed by atoms with van der Waals surface area (Å²) in [5.41, 5.74) is 0.793. The van der Waals surface area contributed by atoms with Crippen LogP contribution in [0.2, 0.25) is 0 Å². The summed E-state index contributed by atoms with van der Waals surface area (Å²) in [6.07, 6.45) is 0.472. The second-order valence-electron chi connectivity index (χ2n) is 6.48. The molecule has 3 N–H and O–H groups in total. The first kappa shape index (κ1) is 16.3. The maximum Gasteiger partial charge on any atom is 0.407 e. The van der Waals surface area contributed by atoms with E-state index in [0.29, 0.717) is 6.54 Å². The second-order valence-corrected chi connectivity index (χ2v) is 6.48. The minimum Gasteiger partial charge on any atom is -0.478 e. The molecule has 2 atom stereocenters. The van der Waals surface area contributed by atoms with Crippen molar-refractivity contribution in [1.82, 2.24) is 10.6 Å². The van der Waals surface area contributed by atoms with E-state index in [0.717, 1.165) is 12.0 Å². The Morgan fingerprint density at radius 1 is 1.23 bits per heavy atom. The van der Waals surface area contributed by atoms with Gasteiger partial charge in [0.2, 0.25) is 0 Å². The number of nitrogens with one attached hydrogen (secondary N) is 2. The van der Waals surface area contributed by atoms with Gasteiger partial charge in [0, 0.05) is 18.6 Å². The van der Waals surface area contributed by atoms with Gasteiger partial charge in [-0.2, -0.15) is 0 Å². The first-order chi connectivity index (χ1) is 10.2. The number of carboxylic acids is 1. The summed E-state index contributed by atoms with van der Waals surface area (Å²) < 4.78 is 5.20. The fraction of sp³-hybridized carbons (Fsp3) is 0.500. The van der Waals surface area contributed by atoms with Crippen LogP contribution in [0.1, 0.15) is 43.1 Å². The van der Waals surface area contributed by atoms with Crippen LogP contribution in [-0.4, -0.2) is 34.9 Å². The Bertz CT molecular complexity index is 548. The van der Waals surface area contributed by atoms with E-state index in [2.05, 4.69) is 10.6 Å². The third kappa shape index (κ3) is 5.04. The zero-order chi connectivity index (χ0) is 16.3. The van der Waals surface area contributed by atoms with Gasteiger partial charge in [0.15, 0.2) is 0 Å². The molecule has 0 heterocycles. The number of alkyl carbamates (subject to hydrolysis) is 1. The molecule has 0 radical (unpaired) electrons. The average Bonchev–Trinajstić information content (AvgIpc) is 3.12. The molecule has 1 aliphatic carbocycles. The minimum absolute atomic E-state index is 0.0909. The molecule has 22 heavy (non-hydrogen) atoms. The highest BCUT2D eigenvalue weighted by Crippen LogP contribution is 2.22. The predicted octanol–water partition coefficient (Wildman–Crippen LogP) is 2.14. The van der Waals surface area contributed by atoms with Gasteiger partial charge in [-0.3, -0.25) is 0 Å². The van der Waals surface area contributed by atoms with Gasteiger partial charge in [-0.15, -0.1) is 0 Å². The lowest BCUT2D eigenvalue weighted by Gasteiger charge is -2.19. The lowest BCUT2D eigenvalue weighted by Crippen LogP contribution is -2.36. The second kappa shape index (κ2) is 6.36. The zero-order valence-corrected chi connectivity index (χ0v) is 13.1. The monoisotopic (exact) mass is 306 g/mol. The highest BCUT2D eigenvalue weighted by Gasteiger charge is 2.38. The Morgan fingerprint density at radius 3 is 2.41 bits per heavy atom. The van der Waals surface area contributed by atoms with Crippen LogP contribution in [0.25, 0.3) is 0 Å². The molecule has 6 heteroatoms. The molecule has 1 aliphatic rings. The molecular formula is C16H22N2O4. The molecule has 120 valence electrons. The fourth-order valence-electron chi connectivity index (χ4n) is 2.05. The molecule has 1 amide bonds. The summed E-state index contributed by atoms with van der Waals surface area (Å²) in [4.78, 5) is 22.4. The van der Waals surface area contributed by atoms with Gasteiger partial charge < -0.3 is 20.5 Å². The number of benzene rings is 1. The summed E-state index contributed by atoms with van der Waals surface area (Å²) in [6, 6.07) is 7.06. The number of ether oxygens (including phenoxy) is 1. The molecule has 6 nitrogen and oxygen atoms in total. The number of aromatic carboxylic acids is 1. The van der Waals surface area contributed by atoms with Crippen LogP contribution in [0.15, 0.2) is 24.3 Å². The van der Waals surface area contributed by atoms with Crippen molar-refractivity contribution in [2.45, 2.75) is 51.4 Å².